The van der Waals surface area contributed by atoms with E-state index in [0.717, 1.165) is 56.7 Å². The van der Waals surface area contributed by atoms with E-state index in [1.165, 1.54) is 5.56 Å². The Balaban J connectivity index is 1.82. The number of hydrogen-bond acceptors (Lipinski definition) is 4. The first-order valence-electron chi connectivity index (χ1n) is 10.8. The second-order valence-corrected chi connectivity index (χ2v) is 9.14. The van der Waals surface area contributed by atoms with E-state index in [4.69, 9.17) is 0 Å². The molecule has 0 radical (unpaired) electrons. The molecule has 158 valence electrons. The zero-order valence-corrected chi connectivity index (χ0v) is 18.5. The minimum absolute atomic E-state index is 0.0221. The summed E-state index contributed by atoms with van der Waals surface area (Å²) in [6.07, 6.45) is 3.81. The predicted octanol–water partition coefficient (Wildman–Crippen LogP) is 3.59. The summed E-state index contributed by atoms with van der Waals surface area (Å²) in [7, 11) is 1.99. The van der Waals surface area contributed by atoms with Crippen LogP contribution in [0, 0.1) is 5.92 Å². The van der Waals surface area contributed by atoms with E-state index in [9.17, 15) is 4.79 Å². The van der Waals surface area contributed by atoms with Gasteiger partial charge >= 0.3 is 0 Å². The first-order valence-corrected chi connectivity index (χ1v) is 10.8. The summed E-state index contributed by atoms with van der Waals surface area (Å²) in [6.45, 7) is 11.3. The quantitative estimate of drug-likeness (QED) is 0.809. The lowest BCUT2D eigenvalue weighted by Crippen LogP contribution is -2.41. The van der Waals surface area contributed by atoms with Gasteiger partial charge in [0.15, 0.2) is 5.69 Å². The average molecular weight is 398 g/mol. The Morgan fingerprint density at radius 1 is 1.17 bits per heavy atom. The maximum Gasteiger partial charge on any atom is 0.276 e. The number of aromatic nitrogens is 3. The van der Waals surface area contributed by atoms with Crippen LogP contribution < -0.4 is 5.32 Å². The Kier molecular flexibility index (Phi) is 6.73. The standard InChI is InChI=1S/C23H35N5O/c1-6-7-20-21(22(29)27-14-12-17(13-15-27)16-24-5)25-26-28(20)19-10-8-18(9-11-19)23(2,3)4/h8-11,17,24H,6-7,12-16H2,1-5H3. The molecule has 0 aliphatic carbocycles. The summed E-state index contributed by atoms with van der Waals surface area (Å²) in [5.74, 6) is 0.671. The molecular formula is C23H35N5O. The van der Waals surface area contributed by atoms with Crippen molar-refractivity contribution in [1.29, 1.82) is 0 Å². The summed E-state index contributed by atoms with van der Waals surface area (Å²) in [4.78, 5) is 15.1. The normalized spacial score (nSPS) is 15.7. The molecular weight excluding hydrogens is 362 g/mol. The fourth-order valence-corrected chi connectivity index (χ4v) is 4.02. The molecule has 0 spiro atoms. The van der Waals surface area contributed by atoms with Gasteiger partial charge in [-0.05, 0) is 61.9 Å². The van der Waals surface area contributed by atoms with Crippen molar-refractivity contribution in [3.63, 3.8) is 0 Å². The molecule has 1 aromatic heterocycles. The molecule has 0 atom stereocenters. The van der Waals surface area contributed by atoms with Crippen LogP contribution in [0.15, 0.2) is 24.3 Å². The van der Waals surface area contributed by atoms with Gasteiger partial charge in [-0.1, -0.05) is 51.5 Å². The Morgan fingerprint density at radius 3 is 2.38 bits per heavy atom. The van der Waals surface area contributed by atoms with Crippen LogP contribution in [0.3, 0.4) is 0 Å². The van der Waals surface area contributed by atoms with Crippen LogP contribution in [0.1, 0.15) is 68.7 Å². The van der Waals surface area contributed by atoms with Crippen molar-refractivity contribution in [3.05, 3.63) is 41.2 Å². The first-order chi connectivity index (χ1) is 13.8. The molecule has 3 rings (SSSR count). The van der Waals surface area contributed by atoms with E-state index in [1.807, 2.05) is 16.6 Å². The van der Waals surface area contributed by atoms with Gasteiger partial charge in [-0.25, -0.2) is 4.68 Å². The number of carbonyl (C=O) groups excluding carboxylic acids is 1. The second kappa shape index (κ2) is 9.08. The smallest absolute Gasteiger partial charge is 0.276 e. The molecule has 1 aliphatic rings. The van der Waals surface area contributed by atoms with Gasteiger partial charge < -0.3 is 10.2 Å². The van der Waals surface area contributed by atoms with E-state index < -0.39 is 0 Å². The highest BCUT2D eigenvalue weighted by molar-refractivity contribution is 5.93. The van der Waals surface area contributed by atoms with Gasteiger partial charge in [0.25, 0.3) is 5.91 Å². The van der Waals surface area contributed by atoms with Crippen LogP contribution in [0.5, 0.6) is 0 Å². The SMILES string of the molecule is CCCc1c(C(=O)N2CCC(CNC)CC2)nnn1-c1ccc(C(C)(C)C)cc1. The second-order valence-electron chi connectivity index (χ2n) is 9.14. The summed E-state index contributed by atoms with van der Waals surface area (Å²) < 4.78 is 1.84. The van der Waals surface area contributed by atoms with Crippen LogP contribution in [0.25, 0.3) is 5.69 Å². The van der Waals surface area contributed by atoms with Crippen LogP contribution in [-0.2, 0) is 11.8 Å². The van der Waals surface area contributed by atoms with Crippen molar-refractivity contribution in [3.8, 4) is 5.69 Å². The molecule has 6 heteroatoms. The number of nitrogens with one attached hydrogen (secondary N) is 1. The molecule has 2 aromatic rings. The largest absolute Gasteiger partial charge is 0.337 e. The van der Waals surface area contributed by atoms with Gasteiger partial charge in [0.05, 0.1) is 11.4 Å². The third-order valence-electron chi connectivity index (χ3n) is 5.83. The summed E-state index contributed by atoms with van der Waals surface area (Å²) in [6, 6.07) is 8.43. The Labute approximate surface area is 174 Å². The summed E-state index contributed by atoms with van der Waals surface area (Å²) in [5, 5.41) is 11.9. The minimum atomic E-state index is 0.0221. The summed E-state index contributed by atoms with van der Waals surface area (Å²) >= 11 is 0. The lowest BCUT2D eigenvalue weighted by atomic mass is 9.87. The highest BCUT2D eigenvalue weighted by atomic mass is 16.2. The molecule has 6 nitrogen and oxygen atoms in total. The van der Waals surface area contributed by atoms with E-state index >= 15 is 0 Å². The third-order valence-corrected chi connectivity index (χ3v) is 5.83. The van der Waals surface area contributed by atoms with Crippen molar-refractivity contribution in [2.45, 2.75) is 58.8 Å². The van der Waals surface area contributed by atoms with Crippen molar-refractivity contribution in [2.75, 3.05) is 26.7 Å². The molecule has 0 saturated carbocycles. The maximum atomic E-state index is 13.2. The van der Waals surface area contributed by atoms with Gasteiger partial charge in [0.2, 0.25) is 0 Å². The third kappa shape index (κ3) is 4.86. The number of rotatable bonds is 6. The molecule has 1 fully saturated rings. The molecule has 1 N–H and O–H groups in total. The molecule has 1 amide bonds. The van der Waals surface area contributed by atoms with E-state index in [0.29, 0.717) is 11.6 Å². The van der Waals surface area contributed by atoms with Gasteiger partial charge in [-0.2, -0.15) is 0 Å². The van der Waals surface area contributed by atoms with Gasteiger partial charge in [0.1, 0.15) is 0 Å². The highest BCUT2D eigenvalue weighted by Gasteiger charge is 2.28. The highest BCUT2D eigenvalue weighted by Crippen LogP contribution is 2.25. The predicted molar refractivity (Wildman–Crippen MR) is 117 cm³/mol. The Bertz CT molecular complexity index is 811. The van der Waals surface area contributed by atoms with Crippen LogP contribution in [0.2, 0.25) is 0 Å². The Hall–Kier alpha value is -2.21. The number of likely N-dealkylation sites (tertiary alicyclic amines) is 1. The number of amides is 1. The average Bonchev–Trinajstić information content (AvgIpc) is 3.12. The fourth-order valence-electron chi connectivity index (χ4n) is 4.02. The number of carbonyl (C=O) groups is 1. The Morgan fingerprint density at radius 2 is 1.83 bits per heavy atom. The van der Waals surface area contributed by atoms with Gasteiger partial charge in [-0.15, -0.1) is 5.10 Å². The van der Waals surface area contributed by atoms with Crippen molar-refractivity contribution >= 4 is 5.91 Å². The molecule has 1 aromatic carbocycles. The van der Waals surface area contributed by atoms with Crippen LogP contribution in [0.4, 0.5) is 0 Å². The van der Waals surface area contributed by atoms with Crippen LogP contribution >= 0.6 is 0 Å². The molecule has 0 bridgehead atoms. The number of hydrogen-bond donors (Lipinski definition) is 1. The first kappa shape index (κ1) is 21.5. The number of benzene rings is 1. The molecule has 1 aliphatic heterocycles. The molecule has 2 heterocycles. The van der Waals surface area contributed by atoms with E-state index in [-0.39, 0.29) is 11.3 Å². The fraction of sp³-hybridized carbons (Fsp3) is 0.609. The number of nitrogens with zero attached hydrogens (tertiary/aromatic N) is 4. The van der Waals surface area contributed by atoms with E-state index in [2.05, 4.69) is 67.6 Å². The lowest BCUT2D eigenvalue weighted by Gasteiger charge is -2.31. The van der Waals surface area contributed by atoms with Gasteiger partial charge in [0, 0.05) is 13.1 Å². The van der Waals surface area contributed by atoms with Crippen LogP contribution in [-0.4, -0.2) is 52.5 Å². The van der Waals surface area contributed by atoms with Crippen molar-refractivity contribution < 1.29 is 4.79 Å². The van der Waals surface area contributed by atoms with Crippen molar-refractivity contribution in [1.82, 2.24) is 25.2 Å². The maximum absolute atomic E-state index is 13.2. The zero-order valence-electron chi connectivity index (χ0n) is 18.5. The molecule has 0 unspecified atom stereocenters. The number of piperidine rings is 1. The van der Waals surface area contributed by atoms with Gasteiger partial charge in [-0.3, -0.25) is 4.79 Å². The topological polar surface area (TPSA) is 63.1 Å². The van der Waals surface area contributed by atoms with E-state index in [1.54, 1.807) is 0 Å². The molecule has 1 saturated heterocycles. The van der Waals surface area contributed by atoms with Crippen molar-refractivity contribution in [2.24, 2.45) is 5.92 Å². The minimum Gasteiger partial charge on any atom is -0.337 e. The summed E-state index contributed by atoms with van der Waals surface area (Å²) in [5.41, 5.74) is 3.77. The zero-order chi connectivity index (χ0) is 21.0. The molecule has 29 heavy (non-hydrogen) atoms. The lowest BCUT2D eigenvalue weighted by molar-refractivity contribution is 0.0683. The monoisotopic (exact) mass is 397 g/mol.